The molecule has 4 nitrogen and oxygen atoms in total. The molecule has 0 saturated carbocycles. The minimum Gasteiger partial charge on any atom is -0.369 e. The third-order valence-electron chi connectivity index (χ3n) is 5.05. The van der Waals surface area contributed by atoms with Crippen molar-refractivity contribution in [1.82, 2.24) is 10.2 Å². The van der Waals surface area contributed by atoms with E-state index in [0.717, 1.165) is 56.6 Å². The van der Waals surface area contributed by atoms with Crippen LogP contribution in [0, 0.1) is 0 Å². The van der Waals surface area contributed by atoms with Crippen molar-refractivity contribution in [1.29, 1.82) is 0 Å². The summed E-state index contributed by atoms with van der Waals surface area (Å²) >= 11 is 3.53. The Labute approximate surface area is 170 Å². The van der Waals surface area contributed by atoms with Crippen molar-refractivity contribution in [2.75, 3.05) is 44.2 Å². The van der Waals surface area contributed by atoms with Crippen LogP contribution in [0.25, 0.3) is 0 Å². The molecule has 0 atom stereocenters. The van der Waals surface area contributed by atoms with Gasteiger partial charge >= 0.3 is 0 Å². The number of halogens is 1. The number of carbonyl (C=O) groups is 1. The van der Waals surface area contributed by atoms with Gasteiger partial charge in [-0.25, -0.2) is 0 Å². The maximum Gasteiger partial charge on any atom is 0.220 e. The fourth-order valence-corrected chi connectivity index (χ4v) is 3.92. The molecule has 2 aromatic rings. The summed E-state index contributed by atoms with van der Waals surface area (Å²) in [5, 5.41) is 3.06. The average Bonchev–Trinajstić information content (AvgIpc) is 2.72. The largest absolute Gasteiger partial charge is 0.369 e. The van der Waals surface area contributed by atoms with Crippen LogP contribution in [0.4, 0.5) is 5.69 Å². The lowest BCUT2D eigenvalue weighted by Crippen LogP contribution is -2.47. The molecule has 0 spiro atoms. The lowest BCUT2D eigenvalue weighted by molar-refractivity contribution is -0.121. The molecule has 1 amide bonds. The summed E-state index contributed by atoms with van der Waals surface area (Å²) < 4.78 is 1.08. The Morgan fingerprint density at radius 2 is 1.67 bits per heavy atom. The van der Waals surface area contributed by atoms with E-state index in [9.17, 15) is 4.79 Å². The van der Waals surface area contributed by atoms with E-state index in [1.165, 1.54) is 11.3 Å². The molecule has 1 heterocycles. The highest BCUT2D eigenvalue weighted by Crippen LogP contribution is 2.17. The molecule has 5 heteroatoms. The standard InChI is InChI=1S/C22H28BrN3O/c23-21-10-5-4-7-19(21)11-12-22(27)24-13-6-14-25-15-17-26(18-16-25)20-8-2-1-3-9-20/h1-5,7-10H,6,11-18H2,(H,24,27). The van der Waals surface area contributed by atoms with Crippen LogP contribution in [-0.4, -0.2) is 50.1 Å². The van der Waals surface area contributed by atoms with Gasteiger partial charge in [0, 0.05) is 49.3 Å². The molecule has 1 aliphatic heterocycles. The molecule has 0 unspecified atom stereocenters. The highest BCUT2D eigenvalue weighted by molar-refractivity contribution is 9.10. The Hall–Kier alpha value is -1.85. The van der Waals surface area contributed by atoms with E-state index >= 15 is 0 Å². The lowest BCUT2D eigenvalue weighted by Gasteiger charge is -2.36. The van der Waals surface area contributed by atoms with E-state index in [2.05, 4.69) is 67.4 Å². The number of piperazine rings is 1. The monoisotopic (exact) mass is 429 g/mol. The molecule has 1 fully saturated rings. The fourth-order valence-electron chi connectivity index (χ4n) is 3.44. The summed E-state index contributed by atoms with van der Waals surface area (Å²) in [4.78, 5) is 17.0. The first-order valence-corrected chi connectivity index (χ1v) is 10.5. The predicted molar refractivity (Wildman–Crippen MR) is 115 cm³/mol. The zero-order valence-corrected chi connectivity index (χ0v) is 17.3. The first-order chi connectivity index (χ1) is 13.2. The second kappa shape index (κ2) is 10.5. The smallest absolute Gasteiger partial charge is 0.220 e. The van der Waals surface area contributed by atoms with Crippen LogP contribution in [-0.2, 0) is 11.2 Å². The summed E-state index contributed by atoms with van der Waals surface area (Å²) in [5.74, 6) is 0.139. The van der Waals surface area contributed by atoms with Crippen LogP contribution < -0.4 is 10.2 Å². The topological polar surface area (TPSA) is 35.6 Å². The van der Waals surface area contributed by atoms with Gasteiger partial charge in [-0.05, 0) is 43.1 Å². The number of nitrogens with one attached hydrogen (secondary N) is 1. The maximum absolute atomic E-state index is 12.0. The average molecular weight is 430 g/mol. The van der Waals surface area contributed by atoms with Gasteiger partial charge in [0.05, 0.1) is 0 Å². The van der Waals surface area contributed by atoms with E-state index in [4.69, 9.17) is 0 Å². The van der Waals surface area contributed by atoms with Crippen LogP contribution >= 0.6 is 15.9 Å². The number of amides is 1. The van der Waals surface area contributed by atoms with Crippen LogP contribution in [0.3, 0.4) is 0 Å². The molecule has 0 bridgehead atoms. The van der Waals surface area contributed by atoms with Crippen molar-refractivity contribution in [2.45, 2.75) is 19.3 Å². The minimum absolute atomic E-state index is 0.139. The molecule has 1 aliphatic rings. The quantitative estimate of drug-likeness (QED) is 0.649. The molecule has 0 radical (unpaired) electrons. The second-order valence-electron chi connectivity index (χ2n) is 6.96. The summed E-state index contributed by atoms with van der Waals surface area (Å²) in [7, 11) is 0. The molecular formula is C22H28BrN3O. The first-order valence-electron chi connectivity index (χ1n) is 9.75. The van der Waals surface area contributed by atoms with E-state index in [0.29, 0.717) is 6.42 Å². The summed E-state index contributed by atoms with van der Waals surface area (Å²) in [5.41, 5.74) is 2.50. The van der Waals surface area contributed by atoms with Crippen molar-refractivity contribution < 1.29 is 4.79 Å². The SMILES string of the molecule is O=C(CCc1ccccc1Br)NCCCN1CCN(c2ccccc2)CC1. The number of hydrogen-bond donors (Lipinski definition) is 1. The molecule has 144 valence electrons. The van der Waals surface area contributed by atoms with Gasteiger partial charge in [-0.1, -0.05) is 52.3 Å². The van der Waals surface area contributed by atoms with Gasteiger partial charge in [-0.2, -0.15) is 0 Å². The van der Waals surface area contributed by atoms with Crippen LogP contribution in [0.5, 0.6) is 0 Å². The van der Waals surface area contributed by atoms with Gasteiger partial charge in [-0.15, -0.1) is 0 Å². The highest BCUT2D eigenvalue weighted by atomic mass is 79.9. The number of aryl methyl sites for hydroxylation is 1. The van der Waals surface area contributed by atoms with E-state index < -0.39 is 0 Å². The van der Waals surface area contributed by atoms with Gasteiger partial charge in [0.15, 0.2) is 0 Å². The normalized spacial score (nSPS) is 14.9. The Morgan fingerprint density at radius 1 is 0.963 bits per heavy atom. The number of hydrogen-bond acceptors (Lipinski definition) is 3. The van der Waals surface area contributed by atoms with Crippen molar-refractivity contribution in [2.24, 2.45) is 0 Å². The second-order valence-corrected chi connectivity index (χ2v) is 7.81. The summed E-state index contributed by atoms with van der Waals surface area (Å²) in [6.45, 7) is 6.13. The Morgan fingerprint density at radius 3 is 2.41 bits per heavy atom. The van der Waals surface area contributed by atoms with Crippen LogP contribution in [0.15, 0.2) is 59.1 Å². The first kappa shape index (κ1) is 19.9. The molecule has 2 aromatic carbocycles. The van der Waals surface area contributed by atoms with E-state index in [1.807, 2.05) is 18.2 Å². The molecule has 0 aromatic heterocycles. The zero-order valence-electron chi connectivity index (χ0n) is 15.7. The van der Waals surface area contributed by atoms with Gasteiger partial charge in [0.25, 0.3) is 0 Å². The number of nitrogens with zero attached hydrogens (tertiary/aromatic N) is 2. The molecule has 3 rings (SSSR count). The van der Waals surface area contributed by atoms with Gasteiger partial charge < -0.3 is 10.2 Å². The Bertz CT molecular complexity index is 715. The van der Waals surface area contributed by atoms with Gasteiger partial charge in [-0.3, -0.25) is 9.69 Å². The fraction of sp³-hybridized carbons (Fsp3) is 0.409. The van der Waals surface area contributed by atoms with Gasteiger partial charge in [0.2, 0.25) is 5.91 Å². The highest BCUT2D eigenvalue weighted by Gasteiger charge is 2.16. The Kier molecular flexibility index (Phi) is 7.72. The summed E-state index contributed by atoms with van der Waals surface area (Å²) in [6, 6.07) is 18.7. The van der Waals surface area contributed by atoms with Crippen molar-refractivity contribution in [3.63, 3.8) is 0 Å². The molecule has 27 heavy (non-hydrogen) atoms. The molecule has 1 saturated heterocycles. The zero-order chi connectivity index (χ0) is 18.9. The van der Waals surface area contributed by atoms with Crippen molar-refractivity contribution in [3.8, 4) is 0 Å². The van der Waals surface area contributed by atoms with Gasteiger partial charge in [0.1, 0.15) is 0 Å². The number of carbonyl (C=O) groups excluding carboxylic acids is 1. The maximum atomic E-state index is 12.0. The number of anilines is 1. The number of benzene rings is 2. The third-order valence-corrected chi connectivity index (χ3v) is 5.82. The summed E-state index contributed by atoms with van der Waals surface area (Å²) in [6.07, 6.45) is 2.32. The van der Waals surface area contributed by atoms with Crippen LogP contribution in [0.1, 0.15) is 18.4 Å². The predicted octanol–water partition coefficient (Wildman–Crippen LogP) is 3.71. The molecular weight excluding hydrogens is 402 g/mol. The minimum atomic E-state index is 0.139. The third kappa shape index (κ3) is 6.36. The van der Waals surface area contributed by atoms with E-state index in [1.54, 1.807) is 0 Å². The lowest BCUT2D eigenvalue weighted by atomic mass is 10.1. The molecule has 0 aliphatic carbocycles. The van der Waals surface area contributed by atoms with Crippen molar-refractivity contribution >= 4 is 27.5 Å². The van der Waals surface area contributed by atoms with Crippen LogP contribution in [0.2, 0.25) is 0 Å². The molecule has 1 N–H and O–H groups in total. The van der Waals surface area contributed by atoms with Crippen molar-refractivity contribution in [3.05, 3.63) is 64.6 Å². The number of rotatable bonds is 8. The van der Waals surface area contributed by atoms with E-state index in [-0.39, 0.29) is 5.91 Å². The number of para-hydroxylation sites is 1. The Balaban J connectivity index is 1.27.